The lowest BCUT2D eigenvalue weighted by molar-refractivity contribution is 0.104. The Balaban J connectivity index is 1.95. The molecule has 0 spiro atoms. The summed E-state index contributed by atoms with van der Waals surface area (Å²) in [6.45, 7) is 2.88. The van der Waals surface area contributed by atoms with E-state index in [1.54, 1.807) is 18.2 Å². The van der Waals surface area contributed by atoms with E-state index in [4.69, 9.17) is 4.74 Å². The minimum atomic E-state index is -0.00391. The first-order chi connectivity index (χ1) is 10.7. The van der Waals surface area contributed by atoms with Crippen LogP contribution in [0.2, 0.25) is 0 Å². The van der Waals surface area contributed by atoms with Crippen molar-refractivity contribution in [2.24, 2.45) is 0 Å². The van der Waals surface area contributed by atoms with Gasteiger partial charge in [0.1, 0.15) is 5.75 Å². The van der Waals surface area contributed by atoms with E-state index in [1.807, 2.05) is 42.5 Å². The molecule has 2 aromatic rings. The highest BCUT2D eigenvalue weighted by atomic mass is 79.9. The summed E-state index contributed by atoms with van der Waals surface area (Å²) in [6, 6.07) is 15.1. The number of rotatable bonds is 7. The van der Waals surface area contributed by atoms with Gasteiger partial charge in [0, 0.05) is 10.0 Å². The fourth-order valence-electron chi connectivity index (χ4n) is 1.89. The topological polar surface area (TPSA) is 26.3 Å². The van der Waals surface area contributed by atoms with Crippen LogP contribution in [-0.2, 0) is 0 Å². The maximum absolute atomic E-state index is 12.0. The van der Waals surface area contributed by atoms with E-state index in [1.165, 1.54) is 0 Å². The molecule has 0 aliphatic rings. The molecule has 0 N–H and O–H groups in total. The second-order valence-electron chi connectivity index (χ2n) is 4.98. The van der Waals surface area contributed by atoms with E-state index < -0.39 is 0 Å². The molecule has 22 heavy (non-hydrogen) atoms. The van der Waals surface area contributed by atoms with Crippen molar-refractivity contribution in [3.63, 3.8) is 0 Å². The van der Waals surface area contributed by atoms with Crippen molar-refractivity contribution in [2.75, 3.05) is 6.61 Å². The molecule has 2 aromatic carbocycles. The molecule has 0 bridgehead atoms. The number of allylic oxidation sites excluding steroid dienone is 1. The van der Waals surface area contributed by atoms with Gasteiger partial charge in [-0.05, 0) is 54.5 Å². The van der Waals surface area contributed by atoms with Gasteiger partial charge in [0.15, 0.2) is 5.78 Å². The lowest BCUT2D eigenvalue weighted by Gasteiger charge is -2.05. The van der Waals surface area contributed by atoms with Gasteiger partial charge in [-0.1, -0.05) is 47.5 Å². The van der Waals surface area contributed by atoms with E-state index >= 15 is 0 Å². The van der Waals surface area contributed by atoms with E-state index in [0.29, 0.717) is 5.56 Å². The van der Waals surface area contributed by atoms with E-state index in [0.717, 1.165) is 35.2 Å². The van der Waals surface area contributed by atoms with Gasteiger partial charge in [-0.15, -0.1) is 0 Å². The Kier molecular flexibility index (Phi) is 6.41. The molecule has 0 radical (unpaired) electrons. The molecule has 3 heteroatoms. The second-order valence-corrected chi connectivity index (χ2v) is 5.89. The highest BCUT2D eigenvalue weighted by Crippen LogP contribution is 2.15. The summed E-state index contributed by atoms with van der Waals surface area (Å²) in [5.74, 6) is 0.862. The molecular weight excluding hydrogens is 340 g/mol. The number of benzene rings is 2. The van der Waals surface area contributed by atoms with Crippen LogP contribution in [0.3, 0.4) is 0 Å². The molecule has 0 aliphatic heterocycles. The average Bonchev–Trinajstić information content (AvgIpc) is 2.55. The summed E-state index contributed by atoms with van der Waals surface area (Å²) in [5.41, 5.74) is 1.66. The van der Waals surface area contributed by atoms with Crippen LogP contribution in [0.5, 0.6) is 5.75 Å². The Bertz CT molecular complexity index is 627. The molecule has 0 heterocycles. The first-order valence-corrected chi connectivity index (χ1v) is 8.19. The standard InChI is InChI=1S/C19H19BrO2/c1-2-3-14-22-18-11-4-15(5-12-18)6-13-19(21)16-7-9-17(20)10-8-16/h4-13H,2-3,14H2,1H3. The van der Waals surface area contributed by atoms with Crippen molar-refractivity contribution in [1.82, 2.24) is 0 Å². The largest absolute Gasteiger partial charge is 0.494 e. The normalized spacial score (nSPS) is 10.8. The number of carbonyl (C=O) groups excluding carboxylic acids is 1. The summed E-state index contributed by atoms with van der Waals surface area (Å²) in [6.07, 6.45) is 5.60. The van der Waals surface area contributed by atoms with Crippen LogP contribution in [0.4, 0.5) is 0 Å². The minimum Gasteiger partial charge on any atom is -0.494 e. The van der Waals surface area contributed by atoms with Crippen molar-refractivity contribution in [3.8, 4) is 5.75 Å². The number of unbranched alkanes of at least 4 members (excludes halogenated alkanes) is 1. The monoisotopic (exact) mass is 358 g/mol. The number of ketones is 1. The molecule has 0 saturated carbocycles. The second kappa shape index (κ2) is 8.54. The maximum Gasteiger partial charge on any atom is 0.185 e. The van der Waals surface area contributed by atoms with Gasteiger partial charge in [-0.3, -0.25) is 4.79 Å². The van der Waals surface area contributed by atoms with Crippen molar-refractivity contribution in [2.45, 2.75) is 19.8 Å². The Hall–Kier alpha value is -1.87. The van der Waals surface area contributed by atoms with E-state index in [9.17, 15) is 4.79 Å². The fraction of sp³-hybridized carbons (Fsp3) is 0.211. The molecule has 2 rings (SSSR count). The molecule has 0 fully saturated rings. The molecule has 114 valence electrons. The van der Waals surface area contributed by atoms with Crippen LogP contribution in [0.15, 0.2) is 59.1 Å². The first-order valence-electron chi connectivity index (χ1n) is 7.40. The van der Waals surface area contributed by atoms with Crippen LogP contribution < -0.4 is 4.74 Å². The zero-order chi connectivity index (χ0) is 15.8. The maximum atomic E-state index is 12.0. The van der Waals surface area contributed by atoms with Crippen molar-refractivity contribution in [1.29, 1.82) is 0 Å². The van der Waals surface area contributed by atoms with Gasteiger partial charge in [0.2, 0.25) is 0 Å². The number of ether oxygens (including phenoxy) is 1. The van der Waals surface area contributed by atoms with Crippen molar-refractivity contribution < 1.29 is 9.53 Å². The van der Waals surface area contributed by atoms with Crippen molar-refractivity contribution in [3.05, 3.63) is 70.2 Å². The lowest BCUT2D eigenvalue weighted by atomic mass is 10.1. The highest BCUT2D eigenvalue weighted by molar-refractivity contribution is 9.10. The van der Waals surface area contributed by atoms with Crippen LogP contribution in [-0.4, -0.2) is 12.4 Å². The third-order valence-electron chi connectivity index (χ3n) is 3.20. The zero-order valence-electron chi connectivity index (χ0n) is 12.6. The summed E-state index contributed by atoms with van der Waals surface area (Å²) in [7, 11) is 0. The molecule has 0 saturated heterocycles. The smallest absolute Gasteiger partial charge is 0.185 e. The van der Waals surface area contributed by atoms with Gasteiger partial charge in [-0.2, -0.15) is 0 Å². The van der Waals surface area contributed by atoms with Gasteiger partial charge < -0.3 is 4.74 Å². The molecule has 0 aromatic heterocycles. The fourth-order valence-corrected chi connectivity index (χ4v) is 2.16. The third-order valence-corrected chi connectivity index (χ3v) is 3.73. The van der Waals surface area contributed by atoms with Gasteiger partial charge in [0.05, 0.1) is 6.61 Å². The van der Waals surface area contributed by atoms with Crippen LogP contribution in [0.25, 0.3) is 6.08 Å². The van der Waals surface area contributed by atoms with E-state index in [2.05, 4.69) is 22.9 Å². The Labute approximate surface area is 139 Å². The predicted octanol–water partition coefficient (Wildman–Crippen LogP) is 5.52. The lowest BCUT2D eigenvalue weighted by Crippen LogP contribution is -1.96. The third kappa shape index (κ3) is 5.15. The Morgan fingerprint density at radius 3 is 2.41 bits per heavy atom. The number of hydrogen-bond acceptors (Lipinski definition) is 2. The molecule has 0 unspecified atom stereocenters. The highest BCUT2D eigenvalue weighted by Gasteiger charge is 2.01. The summed E-state index contributed by atoms with van der Waals surface area (Å²) in [4.78, 5) is 12.0. The quantitative estimate of drug-likeness (QED) is 0.369. The van der Waals surface area contributed by atoms with Crippen molar-refractivity contribution >= 4 is 27.8 Å². The predicted molar refractivity (Wildman–Crippen MR) is 94.4 cm³/mol. The van der Waals surface area contributed by atoms with Gasteiger partial charge >= 0.3 is 0 Å². The summed E-state index contributed by atoms with van der Waals surface area (Å²) < 4.78 is 6.58. The first kappa shape index (κ1) is 16.5. The number of carbonyl (C=O) groups is 1. The molecule has 0 atom stereocenters. The van der Waals surface area contributed by atoms with Crippen LogP contribution in [0.1, 0.15) is 35.7 Å². The summed E-state index contributed by atoms with van der Waals surface area (Å²) in [5, 5.41) is 0. The molecular formula is C19H19BrO2. The van der Waals surface area contributed by atoms with Gasteiger partial charge in [-0.25, -0.2) is 0 Å². The van der Waals surface area contributed by atoms with Crippen LogP contribution in [0, 0.1) is 0 Å². The van der Waals surface area contributed by atoms with Crippen LogP contribution >= 0.6 is 15.9 Å². The summed E-state index contributed by atoms with van der Waals surface area (Å²) >= 11 is 3.36. The number of hydrogen-bond donors (Lipinski definition) is 0. The van der Waals surface area contributed by atoms with Gasteiger partial charge in [0.25, 0.3) is 0 Å². The molecule has 0 aliphatic carbocycles. The zero-order valence-corrected chi connectivity index (χ0v) is 14.2. The average molecular weight is 359 g/mol. The Morgan fingerprint density at radius 1 is 1.09 bits per heavy atom. The SMILES string of the molecule is CCCCOc1ccc(C=CC(=O)c2ccc(Br)cc2)cc1. The molecule has 0 amide bonds. The minimum absolute atomic E-state index is 0.00391. The Morgan fingerprint density at radius 2 is 1.77 bits per heavy atom. The molecule has 2 nitrogen and oxygen atoms in total. The number of halogens is 1. The van der Waals surface area contributed by atoms with E-state index in [-0.39, 0.29) is 5.78 Å².